The summed E-state index contributed by atoms with van der Waals surface area (Å²) in [4.78, 5) is 11.2. The minimum absolute atomic E-state index is 0.0458. The summed E-state index contributed by atoms with van der Waals surface area (Å²) in [6.45, 7) is 0. The molecule has 14 heavy (non-hydrogen) atoms. The van der Waals surface area contributed by atoms with E-state index in [0.29, 0.717) is 5.56 Å². The van der Waals surface area contributed by atoms with Gasteiger partial charge in [0.05, 0.1) is 0 Å². The Labute approximate surface area is 78.0 Å². The van der Waals surface area contributed by atoms with E-state index in [-0.39, 0.29) is 11.4 Å². The van der Waals surface area contributed by atoms with Crippen molar-refractivity contribution in [2.45, 2.75) is 0 Å². The minimum Gasteiger partial charge on any atom is -0.493 e. The van der Waals surface area contributed by atoms with Crippen molar-refractivity contribution in [3.63, 3.8) is 0 Å². The van der Waals surface area contributed by atoms with E-state index in [1.165, 1.54) is 18.2 Å². The lowest BCUT2D eigenvalue weighted by Gasteiger charge is -1.96. The van der Waals surface area contributed by atoms with Gasteiger partial charge >= 0.3 is 0 Å². The Balaban J connectivity index is 2.66. The number of aromatic hydroxyl groups is 1. The van der Waals surface area contributed by atoms with Crippen LogP contribution in [0.15, 0.2) is 29.1 Å². The first-order chi connectivity index (χ1) is 6.68. The van der Waals surface area contributed by atoms with E-state index in [0.717, 1.165) is 0 Å². The molecule has 0 radical (unpaired) electrons. The number of H-pyrrole nitrogens is 2. The number of benzene rings is 1. The molecule has 0 fully saturated rings. The molecule has 5 heteroatoms. The number of hydrogen-bond donors (Lipinski definition) is 3. The molecule has 0 saturated carbocycles. The summed E-state index contributed by atoms with van der Waals surface area (Å²) >= 11 is 0. The van der Waals surface area contributed by atoms with Crippen LogP contribution < -0.4 is 5.56 Å². The third-order valence-electron chi connectivity index (χ3n) is 1.87. The second-order valence-electron chi connectivity index (χ2n) is 2.81. The van der Waals surface area contributed by atoms with E-state index < -0.39 is 11.4 Å². The van der Waals surface area contributed by atoms with Gasteiger partial charge in [-0.05, 0) is 17.7 Å². The summed E-state index contributed by atoms with van der Waals surface area (Å²) in [6.07, 6.45) is 0. The molecule has 1 aromatic carbocycles. The van der Waals surface area contributed by atoms with Gasteiger partial charge in [-0.25, -0.2) is 4.39 Å². The van der Waals surface area contributed by atoms with Gasteiger partial charge in [-0.3, -0.25) is 15.0 Å². The molecule has 0 aliphatic carbocycles. The second-order valence-corrected chi connectivity index (χ2v) is 2.81. The monoisotopic (exact) mass is 194 g/mol. The van der Waals surface area contributed by atoms with Crippen molar-refractivity contribution in [1.29, 1.82) is 0 Å². The first kappa shape index (κ1) is 8.55. The van der Waals surface area contributed by atoms with E-state index in [1.54, 1.807) is 6.07 Å². The summed E-state index contributed by atoms with van der Waals surface area (Å²) in [5.74, 6) is -0.747. The number of aromatic amines is 2. The van der Waals surface area contributed by atoms with E-state index >= 15 is 0 Å². The highest BCUT2D eigenvalue weighted by atomic mass is 19.1. The molecule has 0 atom stereocenters. The van der Waals surface area contributed by atoms with Gasteiger partial charge in [-0.2, -0.15) is 0 Å². The SMILES string of the molecule is O=c1[nH][nH]c(O)c1-c1cccc(F)c1. The van der Waals surface area contributed by atoms with Crippen molar-refractivity contribution in [3.8, 4) is 17.0 Å². The van der Waals surface area contributed by atoms with Gasteiger partial charge in [0.2, 0.25) is 5.88 Å². The number of halogens is 1. The molecule has 0 aliphatic rings. The van der Waals surface area contributed by atoms with Crippen LogP contribution in [0.1, 0.15) is 0 Å². The smallest absolute Gasteiger partial charge is 0.275 e. The maximum absolute atomic E-state index is 12.8. The average molecular weight is 194 g/mol. The van der Waals surface area contributed by atoms with Crippen molar-refractivity contribution in [1.82, 2.24) is 10.2 Å². The van der Waals surface area contributed by atoms with Crippen molar-refractivity contribution in [3.05, 3.63) is 40.4 Å². The molecular weight excluding hydrogens is 187 g/mol. The molecule has 1 aromatic heterocycles. The summed E-state index contributed by atoms with van der Waals surface area (Å²) in [5, 5.41) is 13.7. The lowest BCUT2D eigenvalue weighted by molar-refractivity contribution is 0.454. The fourth-order valence-corrected chi connectivity index (χ4v) is 1.26. The Kier molecular flexibility index (Phi) is 1.85. The fraction of sp³-hybridized carbons (Fsp3) is 0. The third kappa shape index (κ3) is 1.28. The first-order valence-electron chi connectivity index (χ1n) is 3.94. The summed E-state index contributed by atoms with van der Waals surface area (Å²) < 4.78 is 12.8. The predicted octanol–water partition coefficient (Wildman–Crippen LogP) is 1.21. The Bertz CT molecular complexity index is 516. The first-order valence-corrected chi connectivity index (χ1v) is 3.94. The van der Waals surface area contributed by atoms with E-state index in [1.807, 2.05) is 0 Å². The number of aromatic nitrogens is 2. The lowest BCUT2D eigenvalue weighted by Crippen LogP contribution is -2.01. The highest BCUT2D eigenvalue weighted by molar-refractivity contribution is 5.67. The normalized spacial score (nSPS) is 10.4. The molecule has 0 spiro atoms. The fourth-order valence-electron chi connectivity index (χ4n) is 1.26. The Morgan fingerprint density at radius 2 is 2.07 bits per heavy atom. The summed E-state index contributed by atoms with van der Waals surface area (Å²) in [7, 11) is 0. The molecule has 4 nitrogen and oxygen atoms in total. The van der Waals surface area contributed by atoms with Crippen molar-refractivity contribution >= 4 is 0 Å². The zero-order valence-corrected chi connectivity index (χ0v) is 7.04. The maximum atomic E-state index is 12.8. The largest absolute Gasteiger partial charge is 0.493 e. The van der Waals surface area contributed by atoms with Crippen LogP contribution in [0.4, 0.5) is 4.39 Å². The van der Waals surface area contributed by atoms with Crippen LogP contribution in [0, 0.1) is 5.82 Å². The molecule has 3 N–H and O–H groups in total. The topological polar surface area (TPSA) is 68.9 Å². The highest BCUT2D eigenvalue weighted by Crippen LogP contribution is 2.22. The minimum atomic E-state index is -0.479. The lowest BCUT2D eigenvalue weighted by atomic mass is 10.1. The Hall–Kier alpha value is -2.04. The zero-order valence-electron chi connectivity index (χ0n) is 7.04. The Morgan fingerprint density at radius 3 is 2.64 bits per heavy atom. The molecule has 2 rings (SSSR count). The van der Waals surface area contributed by atoms with Gasteiger partial charge in [0.1, 0.15) is 11.4 Å². The predicted molar refractivity (Wildman–Crippen MR) is 48.5 cm³/mol. The van der Waals surface area contributed by atoms with Crippen LogP contribution in [-0.2, 0) is 0 Å². The number of hydrogen-bond acceptors (Lipinski definition) is 2. The van der Waals surface area contributed by atoms with Crippen LogP contribution >= 0.6 is 0 Å². The Morgan fingerprint density at radius 1 is 1.29 bits per heavy atom. The molecule has 72 valence electrons. The van der Waals surface area contributed by atoms with E-state index in [2.05, 4.69) is 10.2 Å². The highest BCUT2D eigenvalue weighted by Gasteiger charge is 2.11. The van der Waals surface area contributed by atoms with Gasteiger partial charge < -0.3 is 5.11 Å². The number of nitrogens with one attached hydrogen (secondary N) is 2. The maximum Gasteiger partial charge on any atom is 0.275 e. The van der Waals surface area contributed by atoms with Crippen LogP contribution in [0.5, 0.6) is 5.88 Å². The summed E-state index contributed by atoms with van der Waals surface area (Å²) in [6, 6.07) is 5.46. The van der Waals surface area contributed by atoms with Crippen LogP contribution in [0.25, 0.3) is 11.1 Å². The third-order valence-corrected chi connectivity index (χ3v) is 1.87. The summed E-state index contributed by atoms with van der Waals surface area (Å²) in [5.41, 5.74) is -0.0948. The van der Waals surface area contributed by atoms with Gasteiger partial charge in [0, 0.05) is 0 Å². The molecule has 2 aromatic rings. The van der Waals surface area contributed by atoms with Gasteiger partial charge in [-0.1, -0.05) is 12.1 Å². The molecule has 0 amide bonds. The van der Waals surface area contributed by atoms with Crippen LogP contribution in [0.3, 0.4) is 0 Å². The zero-order chi connectivity index (χ0) is 10.1. The standard InChI is InChI=1S/C9H7FN2O2/c10-6-3-1-2-5(4-6)7-8(13)11-12-9(7)14/h1-4H,(H3,11,12,13,14). The molecule has 0 unspecified atom stereocenters. The van der Waals surface area contributed by atoms with Gasteiger partial charge in [0.15, 0.2) is 0 Å². The van der Waals surface area contributed by atoms with Crippen molar-refractivity contribution < 1.29 is 9.50 Å². The molecular formula is C9H7FN2O2. The van der Waals surface area contributed by atoms with Gasteiger partial charge in [0.25, 0.3) is 5.56 Å². The van der Waals surface area contributed by atoms with Crippen LogP contribution in [0.2, 0.25) is 0 Å². The van der Waals surface area contributed by atoms with Crippen molar-refractivity contribution in [2.75, 3.05) is 0 Å². The number of rotatable bonds is 1. The second kappa shape index (κ2) is 3.02. The quantitative estimate of drug-likeness (QED) is 0.638. The van der Waals surface area contributed by atoms with Crippen LogP contribution in [-0.4, -0.2) is 15.3 Å². The molecule has 0 saturated heterocycles. The van der Waals surface area contributed by atoms with E-state index in [9.17, 15) is 14.3 Å². The van der Waals surface area contributed by atoms with Crippen molar-refractivity contribution in [2.24, 2.45) is 0 Å². The molecule has 0 bridgehead atoms. The van der Waals surface area contributed by atoms with Gasteiger partial charge in [-0.15, -0.1) is 0 Å². The van der Waals surface area contributed by atoms with E-state index in [4.69, 9.17) is 0 Å². The molecule has 1 heterocycles. The molecule has 0 aliphatic heterocycles. The average Bonchev–Trinajstić information content (AvgIpc) is 2.46.